The van der Waals surface area contributed by atoms with Crippen molar-refractivity contribution in [3.05, 3.63) is 76.4 Å². The Kier molecular flexibility index (Phi) is 8.86. The molecule has 0 radical (unpaired) electrons. The molecule has 2 aromatic carbocycles. The minimum absolute atomic E-state index is 0.0517. The Morgan fingerprint density at radius 2 is 1.79 bits per heavy atom. The summed E-state index contributed by atoms with van der Waals surface area (Å²) in [7, 11) is 0. The second-order valence-corrected chi connectivity index (χ2v) is 9.12. The molecule has 3 aromatic rings. The zero-order valence-corrected chi connectivity index (χ0v) is 20.7. The van der Waals surface area contributed by atoms with Gasteiger partial charge in [0.2, 0.25) is 0 Å². The van der Waals surface area contributed by atoms with Crippen LogP contribution < -0.4 is 5.32 Å². The number of amides is 1. The van der Waals surface area contributed by atoms with Crippen LogP contribution in [0.3, 0.4) is 0 Å². The van der Waals surface area contributed by atoms with E-state index in [1.165, 1.54) is 0 Å². The van der Waals surface area contributed by atoms with Crippen LogP contribution in [0.2, 0.25) is 5.02 Å². The number of rotatable bonds is 10. The van der Waals surface area contributed by atoms with Crippen LogP contribution in [-0.4, -0.2) is 43.8 Å². The highest BCUT2D eigenvalue weighted by molar-refractivity contribution is 7.78. The highest BCUT2D eigenvalue weighted by atomic mass is 35.5. The molecule has 33 heavy (non-hydrogen) atoms. The highest BCUT2D eigenvalue weighted by Crippen LogP contribution is 2.33. The first kappa shape index (κ1) is 25.2. The molecule has 0 aliphatic heterocycles. The van der Waals surface area contributed by atoms with E-state index in [2.05, 4.69) is 28.6 Å². The molecule has 0 aliphatic rings. The van der Waals surface area contributed by atoms with Crippen molar-refractivity contribution in [2.75, 3.05) is 25.0 Å². The van der Waals surface area contributed by atoms with Crippen LogP contribution in [0.15, 0.2) is 54.7 Å². The number of aromatic nitrogens is 1. The van der Waals surface area contributed by atoms with Crippen molar-refractivity contribution in [2.24, 2.45) is 0 Å². The number of nitrogens with zero attached hydrogens (tertiary/aromatic N) is 2. The van der Waals surface area contributed by atoms with Gasteiger partial charge in [0.1, 0.15) is 0 Å². The highest BCUT2D eigenvalue weighted by Gasteiger charge is 2.21. The van der Waals surface area contributed by atoms with Gasteiger partial charge in [0.05, 0.1) is 11.3 Å². The van der Waals surface area contributed by atoms with E-state index in [1.807, 2.05) is 37.4 Å². The molecule has 0 bridgehead atoms. The average Bonchev–Trinajstić information content (AvgIpc) is 3.12. The predicted octanol–water partition coefficient (Wildman–Crippen LogP) is 5.09. The second-order valence-electron chi connectivity index (χ2n) is 7.82. The minimum Gasteiger partial charge on any atom is -0.772 e. The van der Waals surface area contributed by atoms with E-state index in [-0.39, 0.29) is 11.7 Å². The van der Waals surface area contributed by atoms with Crippen molar-refractivity contribution in [1.29, 1.82) is 0 Å². The first-order valence-corrected chi connectivity index (χ1v) is 12.6. The summed E-state index contributed by atoms with van der Waals surface area (Å²) in [4.78, 5) is 15.5. The molecule has 0 aliphatic carbocycles. The molecule has 1 atom stereocenters. The molecule has 176 valence electrons. The first-order valence-electron chi connectivity index (χ1n) is 11.0. The zero-order chi connectivity index (χ0) is 24.0. The summed E-state index contributed by atoms with van der Waals surface area (Å²) in [6.45, 7) is 9.73. The lowest BCUT2D eigenvalue weighted by Crippen LogP contribution is -2.27. The molecule has 1 unspecified atom stereocenters. The molecule has 0 fully saturated rings. The molecule has 0 spiro atoms. The smallest absolute Gasteiger partial charge is 0.257 e. The predicted molar refractivity (Wildman–Crippen MR) is 134 cm³/mol. The van der Waals surface area contributed by atoms with Crippen LogP contribution in [0.5, 0.6) is 0 Å². The number of hydrogen-bond acceptors (Lipinski definition) is 4. The fraction of sp³-hybridized carbons (Fsp3) is 0.320. The largest absolute Gasteiger partial charge is 0.772 e. The van der Waals surface area contributed by atoms with E-state index in [0.717, 1.165) is 43.0 Å². The monoisotopic (exact) mass is 486 g/mol. The SMILES string of the molecule is CCN(CC)CCn1cc(C(=O)Nc2ccc(CS(=O)[O-])cc2)c(C)c1-c1ccccc1Cl. The van der Waals surface area contributed by atoms with E-state index in [1.54, 1.807) is 24.3 Å². The van der Waals surface area contributed by atoms with Crippen LogP contribution >= 0.6 is 11.6 Å². The topological polar surface area (TPSA) is 77.4 Å². The summed E-state index contributed by atoms with van der Waals surface area (Å²) >= 11 is 4.37. The quantitative estimate of drug-likeness (QED) is 0.405. The Morgan fingerprint density at radius 3 is 2.39 bits per heavy atom. The Balaban J connectivity index is 1.91. The van der Waals surface area contributed by atoms with E-state index >= 15 is 0 Å². The number of carbonyl (C=O) groups is 1. The maximum Gasteiger partial charge on any atom is 0.257 e. The van der Waals surface area contributed by atoms with E-state index < -0.39 is 11.1 Å². The molecular weight excluding hydrogens is 458 g/mol. The normalized spacial score (nSPS) is 12.2. The lowest BCUT2D eigenvalue weighted by molar-refractivity contribution is 0.102. The van der Waals surface area contributed by atoms with Gasteiger partial charge >= 0.3 is 0 Å². The van der Waals surface area contributed by atoms with Crippen molar-refractivity contribution in [3.63, 3.8) is 0 Å². The summed E-state index contributed by atoms with van der Waals surface area (Å²) in [5.41, 5.74) is 4.54. The maximum absolute atomic E-state index is 13.2. The Bertz CT molecular complexity index is 1120. The van der Waals surface area contributed by atoms with Gasteiger partial charge in [0.15, 0.2) is 0 Å². The van der Waals surface area contributed by atoms with Crippen molar-refractivity contribution in [2.45, 2.75) is 33.1 Å². The number of nitrogens with one attached hydrogen (secondary N) is 1. The Morgan fingerprint density at radius 1 is 1.12 bits per heavy atom. The van der Waals surface area contributed by atoms with Gasteiger partial charge in [-0.15, -0.1) is 0 Å². The van der Waals surface area contributed by atoms with Gasteiger partial charge in [0, 0.05) is 41.3 Å². The fourth-order valence-corrected chi connectivity index (χ4v) is 4.57. The van der Waals surface area contributed by atoms with Crippen molar-refractivity contribution in [3.8, 4) is 11.3 Å². The van der Waals surface area contributed by atoms with E-state index in [4.69, 9.17) is 11.6 Å². The van der Waals surface area contributed by atoms with Crippen LogP contribution in [0.4, 0.5) is 5.69 Å². The summed E-state index contributed by atoms with van der Waals surface area (Å²) in [5, 5.41) is 3.56. The van der Waals surface area contributed by atoms with E-state index in [9.17, 15) is 13.6 Å². The maximum atomic E-state index is 13.2. The number of hydrogen-bond donors (Lipinski definition) is 1. The number of likely N-dealkylation sites (N-methyl/N-ethyl adjacent to an activating group) is 1. The Labute approximate surface area is 202 Å². The van der Waals surface area contributed by atoms with Gasteiger partial charge in [-0.3, -0.25) is 9.00 Å². The molecule has 1 amide bonds. The third-order valence-electron chi connectivity index (χ3n) is 5.75. The zero-order valence-electron chi connectivity index (χ0n) is 19.1. The second kappa shape index (κ2) is 11.6. The first-order chi connectivity index (χ1) is 15.8. The molecule has 6 nitrogen and oxygen atoms in total. The minimum atomic E-state index is -2.15. The third-order valence-corrected chi connectivity index (χ3v) is 6.65. The number of carbonyl (C=O) groups excluding carboxylic acids is 1. The molecule has 1 aromatic heterocycles. The van der Waals surface area contributed by atoms with Crippen LogP contribution in [-0.2, 0) is 23.4 Å². The average molecular weight is 487 g/mol. The molecule has 1 heterocycles. The van der Waals surface area contributed by atoms with Gasteiger partial charge in [-0.25, -0.2) is 0 Å². The Hall–Kier alpha value is -2.45. The van der Waals surface area contributed by atoms with E-state index in [0.29, 0.717) is 21.8 Å². The van der Waals surface area contributed by atoms with Gasteiger partial charge in [0.25, 0.3) is 5.91 Å². The number of anilines is 1. The van der Waals surface area contributed by atoms with Crippen molar-refractivity contribution in [1.82, 2.24) is 9.47 Å². The summed E-state index contributed by atoms with van der Waals surface area (Å²) < 4.78 is 23.9. The summed E-state index contributed by atoms with van der Waals surface area (Å²) in [6.07, 6.45) is 1.89. The van der Waals surface area contributed by atoms with Gasteiger partial charge in [-0.2, -0.15) is 0 Å². The van der Waals surface area contributed by atoms with Crippen molar-refractivity contribution < 1.29 is 13.6 Å². The fourth-order valence-electron chi connectivity index (χ4n) is 3.88. The summed E-state index contributed by atoms with van der Waals surface area (Å²) in [6, 6.07) is 14.5. The molecule has 0 saturated heterocycles. The number of benzene rings is 2. The van der Waals surface area contributed by atoms with Gasteiger partial charge < -0.3 is 19.3 Å². The van der Waals surface area contributed by atoms with Gasteiger partial charge in [-0.1, -0.05) is 66.9 Å². The standard InChI is InChI=1S/C25H30ClN3O3S/c1-4-28(5-2)14-15-29-16-22(18(3)24(29)21-8-6-7-9-23(21)26)25(30)27-20-12-10-19(11-13-20)17-33(31)32/h6-13,16H,4-5,14-15,17H2,1-3H3,(H,27,30)(H,31,32)/p-1. The molecule has 8 heteroatoms. The number of halogens is 1. The van der Waals surface area contributed by atoms with Gasteiger partial charge in [-0.05, 0) is 49.3 Å². The van der Waals surface area contributed by atoms with Crippen LogP contribution in [0.25, 0.3) is 11.3 Å². The third kappa shape index (κ3) is 6.32. The van der Waals surface area contributed by atoms with Crippen molar-refractivity contribution >= 4 is 34.3 Å². The summed E-state index contributed by atoms with van der Waals surface area (Å²) in [5.74, 6) is -0.272. The van der Waals surface area contributed by atoms with Crippen LogP contribution in [0.1, 0.15) is 35.3 Å². The molecule has 1 N–H and O–H groups in total. The molecule has 3 rings (SSSR count). The molecular formula is C25H29ClN3O3S-. The lowest BCUT2D eigenvalue weighted by atomic mass is 10.1. The lowest BCUT2D eigenvalue weighted by Gasteiger charge is -2.19. The van der Waals surface area contributed by atoms with Crippen LogP contribution in [0, 0.1) is 6.92 Å². The molecule has 0 saturated carbocycles.